The SMILES string of the molecule is CCNCc1csc(C2(c3ccccc3)CCCC2)n1. The minimum absolute atomic E-state index is 0.177. The molecule has 1 aliphatic rings. The molecule has 3 rings (SSSR count). The summed E-state index contributed by atoms with van der Waals surface area (Å²) in [7, 11) is 0. The molecule has 20 heavy (non-hydrogen) atoms. The normalized spacial score (nSPS) is 17.4. The lowest BCUT2D eigenvalue weighted by atomic mass is 9.79. The van der Waals surface area contributed by atoms with Crippen LogP contribution in [0.25, 0.3) is 0 Å². The second kappa shape index (κ2) is 6.06. The van der Waals surface area contributed by atoms with E-state index in [0.717, 1.165) is 13.1 Å². The highest BCUT2D eigenvalue weighted by Crippen LogP contribution is 2.47. The molecule has 2 nitrogen and oxygen atoms in total. The molecule has 0 bridgehead atoms. The van der Waals surface area contributed by atoms with Gasteiger partial charge in [0.25, 0.3) is 0 Å². The number of thiazole rings is 1. The van der Waals surface area contributed by atoms with Crippen molar-refractivity contribution in [1.82, 2.24) is 10.3 Å². The van der Waals surface area contributed by atoms with Crippen LogP contribution in [0.4, 0.5) is 0 Å². The summed E-state index contributed by atoms with van der Waals surface area (Å²) in [5.74, 6) is 0. The van der Waals surface area contributed by atoms with E-state index in [-0.39, 0.29) is 5.41 Å². The Labute approximate surface area is 125 Å². The third kappa shape index (κ3) is 2.52. The first kappa shape index (κ1) is 13.8. The fourth-order valence-corrected chi connectivity index (χ4v) is 4.32. The number of hydrogen-bond acceptors (Lipinski definition) is 3. The second-order valence-electron chi connectivity index (χ2n) is 5.58. The molecule has 0 radical (unpaired) electrons. The Bertz CT molecular complexity index is 541. The third-order valence-corrected chi connectivity index (χ3v) is 5.40. The van der Waals surface area contributed by atoms with E-state index in [0.29, 0.717) is 0 Å². The van der Waals surface area contributed by atoms with E-state index in [4.69, 9.17) is 4.98 Å². The Morgan fingerprint density at radius 2 is 1.95 bits per heavy atom. The average molecular weight is 286 g/mol. The average Bonchev–Trinajstić information content (AvgIpc) is 3.16. The first-order valence-corrected chi connectivity index (χ1v) is 8.44. The summed E-state index contributed by atoms with van der Waals surface area (Å²) in [6, 6.07) is 11.0. The number of rotatable bonds is 5. The van der Waals surface area contributed by atoms with E-state index in [2.05, 4.69) is 48.0 Å². The Morgan fingerprint density at radius 3 is 2.65 bits per heavy atom. The zero-order chi connectivity index (χ0) is 13.8. The first-order valence-electron chi connectivity index (χ1n) is 7.56. The predicted molar refractivity (Wildman–Crippen MR) is 85.2 cm³/mol. The molecule has 0 saturated heterocycles. The van der Waals surface area contributed by atoms with Crippen molar-refractivity contribution in [2.24, 2.45) is 0 Å². The minimum atomic E-state index is 0.177. The van der Waals surface area contributed by atoms with Gasteiger partial charge in [0, 0.05) is 17.3 Å². The second-order valence-corrected chi connectivity index (χ2v) is 6.44. The van der Waals surface area contributed by atoms with Crippen LogP contribution in [0.2, 0.25) is 0 Å². The largest absolute Gasteiger partial charge is 0.311 e. The highest BCUT2D eigenvalue weighted by atomic mass is 32.1. The van der Waals surface area contributed by atoms with Crippen molar-refractivity contribution in [3.63, 3.8) is 0 Å². The molecule has 1 aromatic carbocycles. The quantitative estimate of drug-likeness (QED) is 0.894. The molecule has 1 heterocycles. The van der Waals surface area contributed by atoms with E-state index in [1.165, 1.54) is 41.9 Å². The van der Waals surface area contributed by atoms with Crippen molar-refractivity contribution in [3.8, 4) is 0 Å². The molecule has 0 spiro atoms. The van der Waals surface area contributed by atoms with Gasteiger partial charge in [-0.1, -0.05) is 50.1 Å². The molecule has 1 aliphatic carbocycles. The van der Waals surface area contributed by atoms with Gasteiger partial charge >= 0.3 is 0 Å². The predicted octanol–water partition coefficient (Wildman–Crippen LogP) is 4.11. The molecule has 1 N–H and O–H groups in total. The molecule has 0 amide bonds. The molecular formula is C17H22N2S. The van der Waals surface area contributed by atoms with Gasteiger partial charge in [-0.15, -0.1) is 11.3 Å². The number of nitrogens with zero attached hydrogens (tertiary/aromatic N) is 1. The van der Waals surface area contributed by atoms with E-state index in [1.54, 1.807) is 0 Å². The van der Waals surface area contributed by atoms with Gasteiger partial charge in [0.05, 0.1) is 5.69 Å². The van der Waals surface area contributed by atoms with Gasteiger partial charge in [-0.3, -0.25) is 0 Å². The van der Waals surface area contributed by atoms with Crippen LogP contribution in [-0.4, -0.2) is 11.5 Å². The zero-order valence-corrected chi connectivity index (χ0v) is 12.9. The molecule has 2 aromatic rings. The standard InChI is InChI=1S/C17H22N2S/c1-2-18-12-15-13-20-16(19-15)17(10-6-7-11-17)14-8-4-3-5-9-14/h3-5,8-9,13,18H,2,6-7,10-12H2,1H3. The molecule has 1 fully saturated rings. The van der Waals surface area contributed by atoms with Gasteiger partial charge in [-0.2, -0.15) is 0 Å². The Kier molecular flexibility index (Phi) is 4.18. The van der Waals surface area contributed by atoms with Gasteiger partial charge in [0.2, 0.25) is 0 Å². The summed E-state index contributed by atoms with van der Waals surface area (Å²) in [5.41, 5.74) is 2.81. The first-order chi connectivity index (χ1) is 9.85. The molecular weight excluding hydrogens is 264 g/mol. The van der Waals surface area contributed by atoms with Crippen molar-refractivity contribution in [2.75, 3.05) is 6.54 Å². The molecule has 106 valence electrons. The fourth-order valence-electron chi connectivity index (χ4n) is 3.22. The Morgan fingerprint density at radius 1 is 1.20 bits per heavy atom. The van der Waals surface area contributed by atoms with Crippen LogP contribution < -0.4 is 5.32 Å². The van der Waals surface area contributed by atoms with E-state index >= 15 is 0 Å². The number of hydrogen-bond donors (Lipinski definition) is 1. The maximum Gasteiger partial charge on any atom is 0.103 e. The van der Waals surface area contributed by atoms with Crippen molar-refractivity contribution in [2.45, 2.75) is 44.6 Å². The van der Waals surface area contributed by atoms with Crippen LogP contribution in [0.1, 0.15) is 48.9 Å². The number of benzene rings is 1. The van der Waals surface area contributed by atoms with Crippen molar-refractivity contribution in [3.05, 3.63) is 52.0 Å². The third-order valence-electron chi connectivity index (χ3n) is 4.30. The fraction of sp³-hybridized carbons (Fsp3) is 0.471. The Hall–Kier alpha value is -1.19. The summed E-state index contributed by atoms with van der Waals surface area (Å²) in [4.78, 5) is 4.93. The summed E-state index contributed by atoms with van der Waals surface area (Å²) >= 11 is 1.84. The van der Waals surface area contributed by atoms with Gasteiger partial charge in [0.1, 0.15) is 5.01 Å². The van der Waals surface area contributed by atoms with Gasteiger partial charge in [0.15, 0.2) is 0 Å². The Balaban J connectivity index is 1.93. The van der Waals surface area contributed by atoms with Crippen LogP contribution >= 0.6 is 11.3 Å². The highest BCUT2D eigenvalue weighted by Gasteiger charge is 2.39. The van der Waals surface area contributed by atoms with Crippen LogP contribution in [0.15, 0.2) is 35.7 Å². The minimum Gasteiger partial charge on any atom is -0.311 e. The lowest BCUT2D eigenvalue weighted by molar-refractivity contribution is 0.529. The maximum atomic E-state index is 4.93. The lowest BCUT2D eigenvalue weighted by Gasteiger charge is -2.27. The van der Waals surface area contributed by atoms with Gasteiger partial charge in [-0.25, -0.2) is 4.98 Å². The van der Waals surface area contributed by atoms with Crippen LogP contribution in [0.3, 0.4) is 0 Å². The smallest absolute Gasteiger partial charge is 0.103 e. The monoisotopic (exact) mass is 286 g/mol. The molecule has 0 atom stereocenters. The number of aromatic nitrogens is 1. The highest BCUT2D eigenvalue weighted by molar-refractivity contribution is 7.09. The molecule has 1 saturated carbocycles. The number of nitrogens with one attached hydrogen (secondary N) is 1. The maximum absolute atomic E-state index is 4.93. The molecule has 1 aromatic heterocycles. The lowest BCUT2D eigenvalue weighted by Crippen LogP contribution is -2.23. The molecule has 0 aliphatic heterocycles. The van der Waals surface area contributed by atoms with E-state index in [1.807, 2.05) is 11.3 Å². The van der Waals surface area contributed by atoms with Crippen LogP contribution in [-0.2, 0) is 12.0 Å². The van der Waals surface area contributed by atoms with Crippen molar-refractivity contribution < 1.29 is 0 Å². The van der Waals surface area contributed by atoms with Crippen molar-refractivity contribution >= 4 is 11.3 Å². The summed E-state index contributed by atoms with van der Waals surface area (Å²) < 4.78 is 0. The van der Waals surface area contributed by atoms with Gasteiger partial charge in [-0.05, 0) is 24.9 Å². The van der Waals surface area contributed by atoms with E-state index < -0.39 is 0 Å². The summed E-state index contributed by atoms with van der Waals surface area (Å²) in [6.07, 6.45) is 5.12. The summed E-state index contributed by atoms with van der Waals surface area (Å²) in [5, 5.41) is 6.90. The van der Waals surface area contributed by atoms with Crippen LogP contribution in [0.5, 0.6) is 0 Å². The van der Waals surface area contributed by atoms with Crippen molar-refractivity contribution in [1.29, 1.82) is 0 Å². The van der Waals surface area contributed by atoms with Gasteiger partial charge < -0.3 is 5.32 Å². The zero-order valence-electron chi connectivity index (χ0n) is 12.1. The molecule has 3 heteroatoms. The topological polar surface area (TPSA) is 24.9 Å². The van der Waals surface area contributed by atoms with Crippen LogP contribution in [0, 0.1) is 0 Å². The molecule has 0 unspecified atom stereocenters. The van der Waals surface area contributed by atoms with E-state index in [9.17, 15) is 0 Å². The summed E-state index contributed by atoms with van der Waals surface area (Å²) in [6.45, 7) is 4.02.